The molecule has 0 bridgehead atoms. The summed E-state index contributed by atoms with van der Waals surface area (Å²) in [6.45, 7) is 1.40. The molecule has 1 unspecified atom stereocenters. The van der Waals surface area contributed by atoms with E-state index in [9.17, 15) is 9.59 Å². The number of carbonyl (C=O) groups excluding carboxylic acids is 1. The molecule has 6 rings (SSSR count). The number of H-pyrrole nitrogens is 1. The highest BCUT2D eigenvalue weighted by atomic mass is 35.5. The van der Waals surface area contributed by atoms with Crippen LogP contribution in [0.4, 0.5) is 0 Å². The Labute approximate surface area is 204 Å². The first-order valence-corrected chi connectivity index (χ1v) is 11.3. The first-order chi connectivity index (χ1) is 17.0. The summed E-state index contributed by atoms with van der Waals surface area (Å²) in [5.41, 5.74) is 3.18. The van der Waals surface area contributed by atoms with Gasteiger partial charge in [0.25, 0.3) is 0 Å². The number of hydrogen-bond donors (Lipinski definition) is 1. The molecular formula is C27H18ClN3O4. The van der Waals surface area contributed by atoms with Crippen LogP contribution in [0.5, 0.6) is 0 Å². The number of amides is 1. The number of benzene rings is 3. The van der Waals surface area contributed by atoms with Gasteiger partial charge in [-0.15, -0.1) is 5.10 Å². The summed E-state index contributed by atoms with van der Waals surface area (Å²) in [6, 6.07) is 24.0. The standard InChI is InChI=1S/C27H18ClN3O4/c1-15(32)31-26(35-25(30-31)20-13-17-9-5-6-10-22(17)34-27(20)33)23-19-14-18(28)11-12-21(19)29-24(23)16-7-3-2-4-8-16/h2-14,26,29H,1H3. The van der Waals surface area contributed by atoms with Crippen LogP contribution in [0.15, 0.2) is 93.2 Å². The van der Waals surface area contributed by atoms with Crippen LogP contribution in [0.25, 0.3) is 33.1 Å². The molecule has 1 atom stereocenters. The third kappa shape index (κ3) is 3.57. The Balaban J connectivity index is 1.53. The van der Waals surface area contributed by atoms with E-state index >= 15 is 0 Å². The van der Waals surface area contributed by atoms with Crippen LogP contribution in [-0.2, 0) is 9.53 Å². The number of nitrogens with one attached hydrogen (secondary N) is 1. The van der Waals surface area contributed by atoms with Crippen LogP contribution >= 0.6 is 11.6 Å². The maximum absolute atomic E-state index is 12.8. The summed E-state index contributed by atoms with van der Waals surface area (Å²) < 4.78 is 11.7. The van der Waals surface area contributed by atoms with E-state index in [-0.39, 0.29) is 17.4 Å². The van der Waals surface area contributed by atoms with E-state index < -0.39 is 11.9 Å². The second kappa shape index (κ2) is 8.14. The number of fused-ring (bicyclic) bond motifs is 2. The monoisotopic (exact) mass is 483 g/mol. The number of hydrazone groups is 1. The van der Waals surface area contributed by atoms with E-state index in [0.717, 1.165) is 27.5 Å². The number of para-hydroxylation sites is 1. The first kappa shape index (κ1) is 21.2. The van der Waals surface area contributed by atoms with E-state index in [4.69, 9.17) is 20.8 Å². The molecule has 1 aliphatic rings. The average molecular weight is 484 g/mol. The zero-order valence-electron chi connectivity index (χ0n) is 18.5. The Kier molecular flexibility index (Phi) is 4.93. The Morgan fingerprint density at radius 1 is 1.03 bits per heavy atom. The molecule has 0 fully saturated rings. The van der Waals surface area contributed by atoms with Crippen molar-refractivity contribution in [2.45, 2.75) is 13.2 Å². The second-order valence-electron chi connectivity index (χ2n) is 8.19. The van der Waals surface area contributed by atoms with Crippen LogP contribution < -0.4 is 5.63 Å². The van der Waals surface area contributed by atoms with Gasteiger partial charge in [-0.2, -0.15) is 5.01 Å². The van der Waals surface area contributed by atoms with Gasteiger partial charge in [0.2, 0.25) is 18.0 Å². The predicted octanol–water partition coefficient (Wildman–Crippen LogP) is 5.83. The Morgan fingerprint density at radius 3 is 2.60 bits per heavy atom. The topological polar surface area (TPSA) is 87.9 Å². The fourth-order valence-corrected chi connectivity index (χ4v) is 4.52. The van der Waals surface area contributed by atoms with Gasteiger partial charge in [0, 0.05) is 33.8 Å². The van der Waals surface area contributed by atoms with Crippen molar-refractivity contribution in [3.63, 3.8) is 0 Å². The summed E-state index contributed by atoms with van der Waals surface area (Å²) in [7, 11) is 0. The molecule has 7 nitrogen and oxygen atoms in total. The lowest BCUT2D eigenvalue weighted by atomic mass is 10.0. The van der Waals surface area contributed by atoms with Gasteiger partial charge < -0.3 is 14.1 Å². The van der Waals surface area contributed by atoms with Gasteiger partial charge in [-0.25, -0.2) is 4.79 Å². The minimum Gasteiger partial charge on any atom is -0.445 e. The number of rotatable bonds is 3. The summed E-state index contributed by atoms with van der Waals surface area (Å²) in [5.74, 6) is -0.328. The first-order valence-electron chi connectivity index (χ1n) is 10.9. The van der Waals surface area contributed by atoms with Crippen molar-refractivity contribution >= 4 is 45.3 Å². The lowest BCUT2D eigenvalue weighted by molar-refractivity contribution is -0.135. The Bertz CT molecular complexity index is 1700. The van der Waals surface area contributed by atoms with Crippen LogP contribution in [-0.4, -0.2) is 21.8 Å². The molecule has 1 aliphatic heterocycles. The van der Waals surface area contributed by atoms with Gasteiger partial charge in [-0.3, -0.25) is 4.79 Å². The molecule has 35 heavy (non-hydrogen) atoms. The van der Waals surface area contributed by atoms with Crippen molar-refractivity contribution in [2.24, 2.45) is 5.10 Å². The molecule has 0 radical (unpaired) electrons. The molecule has 2 aromatic heterocycles. The van der Waals surface area contributed by atoms with Crippen LogP contribution in [0.2, 0.25) is 5.02 Å². The number of nitrogens with zero attached hydrogens (tertiary/aromatic N) is 2. The third-order valence-electron chi connectivity index (χ3n) is 5.95. The molecule has 172 valence electrons. The van der Waals surface area contributed by atoms with Crippen molar-refractivity contribution in [1.29, 1.82) is 0 Å². The van der Waals surface area contributed by atoms with Crippen molar-refractivity contribution in [1.82, 2.24) is 9.99 Å². The fourth-order valence-electron chi connectivity index (χ4n) is 4.35. The van der Waals surface area contributed by atoms with Crippen molar-refractivity contribution < 1.29 is 13.9 Å². The minimum atomic E-state index is -0.921. The van der Waals surface area contributed by atoms with Gasteiger partial charge >= 0.3 is 5.63 Å². The van der Waals surface area contributed by atoms with E-state index in [2.05, 4.69) is 10.1 Å². The molecule has 3 heterocycles. The summed E-state index contributed by atoms with van der Waals surface area (Å²) in [4.78, 5) is 28.9. The van der Waals surface area contributed by atoms with E-state index in [1.165, 1.54) is 11.9 Å². The van der Waals surface area contributed by atoms with Gasteiger partial charge in [-0.1, -0.05) is 60.1 Å². The van der Waals surface area contributed by atoms with Gasteiger partial charge in [-0.05, 0) is 35.9 Å². The molecule has 8 heteroatoms. The maximum atomic E-state index is 12.8. The number of ether oxygens (including phenoxy) is 1. The molecule has 0 aliphatic carbocycles. The van der Waals surface area contributed by atoms with Crippen LogP contribution in [0.3, 0.4) is 0 Å². The Hall–Kier alpha value is -4.36. The fraction of sp³-hybridized carbons (Fsp3) is 0.0741. The van der Waals surface area contributed by atoms with Crippen LogP contribution in [0.1, 0.15) is 24.3 Å². The molecule has 1 amide bonds. The molecule has 1 N–H and O–H groups in total. The summed E-state index contributed by atoms with van der Waals surface area (Å²) in [5, 5.41) is 7.68. The van der Waals surface area contributed by atoms with E-state index in [0.29, 0.717) is 16.2 Å². The van der Waals surface area contributed by atoms with Gasteiger partial charge in [0.05, 0.1) is 5.69 Å². The largest absolute Gasteiger partial charge is 0.445 e. The molecule has 0 saturated carbocycles. The molecule has 5 aromatic rings. The van der Waals surface area contributed by atoms with E-state index in [1.807, 2.05) is 54.6 Å². The zero-order chi connectivity index (χ0) is 24.1. The number of aromatic amines is 1. The summed E-state index contributed by atoms with van der Waals surface area (Å²) in [6.07, 6.45) is -0.921. The quantitative estimate of drug-likeness (QED) is 0.327. The molecular weight excluding hydrogens is 466 g/mol. The normalized spacial score (nSPS) is 15.4. The maximum Gasteiger partial charge on any atom is 0.349 e. The Morgan fingerprint density at radius 2 is 1.80 bits per heavy atom. The minimum absolute atomic E-state index is 0.0140. The average Bonchev–Trinajstić information content (AvgIpc) is 3.45. The highest BCUT2D eigenvalue weighted by Crippen LogP contribution is 2.41. The lowest BCUT2D eigenvalue weighted by Crippen LogP contribution is -2.25. The highest BCUT2D eigenvalue weighted by molar-refractivity contribution is 6.31. The SMILES string of the molecule is CC(=O)N1N=C(c2cc3ccccc3oc2=O)OC1c1c(-c2ccccc2)[nH]c2ccc(Cl)cc12. The lowest BCUT2D eigenvalue weighted by Gasteiger charge is -2.20. The third-order valence-corrected chi connectivity index (χ3v) is 6.18. The summed E-state index contributed by atoms with van der Waals surface area (Å²) >= 11 is 6.33. The van der Waals surface area contributed by atoms with Crippen molar-refractivity contribution in [3.05, 3.63) is 105 Å². The zero-order valence-corrected chi connectivity index (χ0v) is 19.2. The number of hydrogen-bond acceptors (Lipinski definition) is 5. The van der Waals surface area contributed by atoms with Gasteiger partial charge in [0.1, 0.15) is 11.1 Å². The number of carbonyl (C=O) groups is 1. The second-order valence-corrected chi connectivity index (χ2v) is 8.63. The molecule has 0 spiro atoms. The van der Waals surface area contributed by atoms with Crippen molar-refractivity contribution in [2.75, 3.05) is 0 Å². The number of aromatic nitrogens is 1. The predicted molar refractivity (Wildman–Crippen MR) is 134 cm³/mol. The smallest absolute Gasteiger partial charge is 0.349 e. The molecule has 3 aromatic carbocycles. The van der Waals surface area contributed by atoms with Gasteiger partial charge in [0.15, 0.2) is 0 Å². The van der Waals surface area contributed by atoms with Crippen LogP contribution in [0, 0.1) is 0 Å². The molecule has 0 saturated heterocycles. The van der Waals surface area contributed by atoms with E-state index in [1.54, 1.807) is 24.3 Å². The highest BCUT2D eigenvalue weighted by Gasteiger charge is 2.38. The number of halogens is 1. The van der Waals surface area contributed by atoms with Crippen molar-refractivity contribution in [3.8, 4) is 11.3 Å².